The van der Waals surface area contributed by atoms with Crippen molar-refractivity contribution in [2.75, 3.05) is 23.7 Å². The summed E-state index contributed by atoms with van der Waals surface area (Å²) < 4.78 is 46.3. The summed E-state index contributed by atoms with van der Waals surface area (Å²) in [4.78, 5) is 31.4. The molecule has 2 N–H and O–H groups in total. The van der Waals surface area contributed by atoms with Crippen molar-refractivity contribution in [3.05, 3.63) is 95.8 Å². The standard InChI is InChI=1S/C26H19F3N6OS/c1-35(2)26-32-11-15(12-33-26)14-8-18-19(13-31-25(18)30-10-14)24(36)22-20(28)6-7-21(23(22)29)34-37-17-5-3-4-16(27)9-17/h3-13,34H,1-2H3,(H,30,31). The summed E-state index contributed by atoms with van der Waals surface area (Å²) in [5, 5.41) is 0.394. The van der Waals surface area contributed by atoms with E-state index in [4.69, 9.17) is 0 Å². The molecule has 186 valence electrons. The minimum Gasteiger partial charge on any atom is -0.347 e. The second kappa shape index (κ2) is 9.94. The monoisotopic (exact) mass is 520 g/mol. The number of fused-ring (bicyclic) bond motifs is 1. The SMILES string of the molecule is CN(C)c1ncc(-c2cnc3[nH]cc(C(=O)c4c(F)ccc(NSc5cccc(F)c5)c4F)c3c2)cn1. The molecule has 0 aliphatic carbocycles. The number of benzene rings is 2. The number of nitrogens with zero attached hydrogens (tertiary/aromatic N) is 4. The van der Waals surface area contributed by atoms with Crippen LogP contribution in [-0.4, -0.2) is 39.8 Å². The maximum absolute atomic E-state index is 15.3. The molecule has 0 aliphatic rings. The van der Waals surface area contributed by atoms with Gasteiger partial charge in [-0.15, -0.1) is 0 Å². The fourth-order valence-corrected chi connectivity index (χ4v) is 4.37. The maximum Gasteiger partial charge on any atom is 0.224 e. The van der Waals surface area contributed by atoms with Crippen molar-refractivity contribution in [2.45, 2.75) is 4.90 Å². The summed E-state index contributed by atoms with van der Waals surface area (Å²) in [7, 11) is 3.65. The molecule has 0 atom stereocenters. The van der Waals surface area contributed by atoms with Gasteiger partial charge in [0.2, 0.25) is 11.7 Å². The van der Waals surface area contributed by atoms with E-state index >= 15 is 4.39 Å². The van der Waals surface area contributed by atoms with Gasteiger partial charge < -0.3 is 14.6 Å². The van der Waals surface area contributed by atoms with Crippen molar-refractivity contribution >= 4 is 40.4 Å². The van der Waals surface area contributed by atoms with Crippen LogP contribution in [0.15, 0.2) is 72.1 Å². The molecule has 7 nitrogen and oxygen atoms in total. The summed E-state index contributed by atoms with van der Waals surface area (Å²) in [6, 6.07) is 9.57. The van der Waals surface area contributed by atoms with E-state index in [0.29, 0.717) is 33.0 Å². The normalized spacial score (nSPS) is 11.1. The zero-order valence-electron chi connectivity index (χ0n) is 19.6. The Bertz CT molecular complexity index is 1620. The first-order valence-electron chi connectivity index (χ1n) is 11.0. The highest BCUT2D eigenvalue weighted by Crippen LogP contribution is 2.31. The molecule has 0 saturated heterocycles. The number of carbonyl (C=O) groups excluding carboxylic acids is 1. The number of H-pyrrole nitrogens is 1. The van der Waals surface area contributed by atoms with Gasteiger partial charge in [0.1, 0.15) is 17.3 Å². The van der Waals surface area contributed by atoms with E-state index in [-0.39, 0.29) is 11.3 Å². The van der Waals surface area contributed by atoms with E-state index in [9.17, 15) is 13.6 Å². The Morgan fingerprint density at radius 2 is 1.73 bits per heavy atom. The van der Waals surface area contributed by atoms with Gasteiger partial charge in [0.15, 0.2) is 5.82 Å². The van der Waals surface area contributed by atoms with Crippen LogP contribution in [0.4, 0.5) is 24.8 Å². The highest BCUT2D eigenvalue weighted by atomic mass is 32.2. The zero-order chi connectivity index (χ0) is 26.1. The molecule has 3 aromatic heterocycles. The number of anilines is 2. The number of nitrogens with one attached hydrogen (secondary N) is 2. The van der Waals surface area contributed by atoms with Crippen LogP contribution in [0.25, 0.3) is 22.2 Å². The molecule has 0 saturated carbocycles. The van der Waals surface area contributed by atoms with Gasteiger partial charge in [-0.05, 0) is 48.3 Å². The number of rotatable bonds is 7. The third kappa shape index (κ3) is 4.85. The van der Waals surface area contributed by atoms with Crippen LogP contribution in [0.5, 0.6) is 0 Å². The number of ketones is 1. The first kappa shape index (κ1) is 24.3. The van der Waals surface area contributed by atoms with Crippen LogP contribution in [-0.2, 0) is 0 Å². The van der Waals surface area contributed by atoms with Gasteiger partial charge in [0.25, 0.3) is 0 Å². The maximum atomic E-state index is 15.3. The largest absolute Gasteiger partial charge is 0.347 e. The highest BCUT2D eigenvalue weighted by molar-refractivity contribution is 8.00. The molecule has 0 fully saturated rings. The Hall–Kier alpha value is -4.38. The number of pyridine rings is 1. The van der Waals surface area contributed by atoms with Gasteiger partial charge in [-0.25, -0.2) is 28.1 Å². The van der Waals surface area contributed by atoms with E-state index in [1.807, 2.05) is 14.1 Å². The first-order chi connectivity index (χ1) is 17.8. The first-order valence-corrected chi connectivity index (χ1v) is 11.8. The number of halogens is 3. The lowest BCUT2D eigenvalue weighted by Crippen LogP contribution is -2.12. The Morgan fingerprint density at radius 1 is 0.973 bits per heavy atom. The average Bonchev–Trinajstić information content (AvgIpc) is 3.32. The van der Waals surface area contributed by atoms with Crippen LogP contribution >= 0.6 is 11.9 Å². The van der Waals surface area contributed by atoms with E-state index in [1.165, 1.54) is 30.5 Å². The van der Waals surface area contributed by atoms with Gasteiger partial charge in [0.05, 0.1) is 11.3 Å². The fraction of sp³-hybridized carbons (Fsp3) is 0.0769. The zero-order valence-corrected chi connectivity index (χ0v) is 20.4. The van der Waals surface area contributed by atoms with Crippen molar-refractivity contribution in [3.63, 3.8) is 0 Å². The molecule has 0 radical (unpaired) electrons. The topological polar surface area (TPSA) is 86.8 Å². The van der Waals surface area contributed by atoms with Gasteiger partial charge in [-0.1, -0.05) is 6.07 Å². The van der Waals surface area contributed by atoms with Crippen LogP contribution in [0, 0.1) is 17.5 Å². The van der Waals surface area contributed by atoms with Gasteiger partial charge in [-0.2, -0.15) is 0 Å². The molecular weight excluding hydrogens is 501 g/mol. The van der Waals surface area contributed by atoms with E-state index in [1.54, 1.807) is 35.6 Å². The quantitative estimate of drug-likeness (QED) is 0.206. The number of hydrogen-bond donors (Lipinski definition) is 2. The van der Waals surface area contributed by atoms with Gasteiger partial charge in [0, 0.05) is 65.9 Å². The lowest BCUT2D eigenvalue weighted by Gasteiger charge is -2.11. The Labute approximate surface area is 213 Å². The number of hydrogen-bond acceptors (Lipinski definition) is 7. The van der Waals surface area contributed by atoms with Crippen LogP contribution < -0.4 is 9.62 Å². The molecule has 0 amide bonds. The van der Waals surface area contributed by atoms with Crippen LogP contribution in [0.2, 0.25) is 0 Å². The summed E-state index contributed by atoms with van der Waals surface area (Å²) in [5.74, 6) is -2.83. The van der Waals surface area contributed by atoms with Gasteiger partial charge in [-0.3, -0.25) is 4.79 Å². The minimum absolute atomic E-state index is 0.0583. The molecule has 37 heavy (non-hydrogen) atoms. The highest BCUT2D eigenvalue weighted by Gasteiger charge is 2.25. The molecule has 0 spiro atoms. The number of carbonyl (C=O) groups is 1. The molecule has 0 bridgehead atoms. The Morgan fingerprint density at radius 3 is 2.46 bits per heavy atom. The predicted molar refractivity (Wildman–Crippen MR) is 137 cm³/mol. The van der Waals surface area contributed by atoms with Crippen molar-refractivity contribution in [1.82, 2.24) is 19.9 Å². The second-order valence-corrected chi connectivity index (χ2v) is 9.14. The van der Waals surface area contributed by atoms with E-state index < -0.39 is 28.8 Å². The minimum atomic E-state index is -1.06. The lowest BCUT2D eigenvalue weighted by molar-refractivity contribution is 0.103. The fourth-order valence-electron chi connectivity index (χ4n) is 3.67. The molecule has 5 aromatic rings. The van der Waals surface area contributed by atoms with E-state index in [0.717, 1.165) is 18.0 Å². The van der Waals surface area contributed by atoms with Crippen LogP contribution in [0.3, 0.4) is 0 Å². The molecule has 0 aliphatic heterocycles. The van der Waals surface area contributed by atoms with E-state index in [2.05, 4.69) is 24.7 Å². The van der Waals surface area contributed by atoms with Gasteiger partial charge >= 0.3 is 0 Å². The molecule has 5 rings (SSSR count). The third-order valence-electron chi connectivity index (χ3n) is 5.54. The molecule has 11 heteroatoms. The summed E-state index contributed by atoms with van der Waals surface area (Å²) in [6.07, 6.45) is 6.22. The summed E-state index contributed by atoms with van der Waals surface area (Å²) in [5.41, 5.74) is 0.912. The van der Waals surface area contributed by atoms with Crippen molar-refractivity contribution < 1.29 is 18.0 Å². The summed E-state index contributed by atoms with van der Waals surface area (Å²) in [6.45, 7) is 0. The smallest absolute Gasteiger partial charge is 0.224 e. The predicted octanol–water partition coefficient (Wildman–Crippen LogP) is 5.85. The third-order valence-corrected chi connectivity index (χ3v) is 6.35. The van der Waals surface area contributed by atoms with Crippen molar-refractivity contribution in [1.29, 1.82) is 0 Å². The Kier molecular flexibility index (Phi) is 6.53. The number of aromatic amines is 1. The lowest BCUT2D eigenvalue weighted by atomic mass is 10.0. The molecular formula is C26H19F3N6OS. The van der Waals surface area contributed by atoms with Crippen molar-refractivity contribution in [3.8, 4) is 11.1 Å². The molecule has 2 aromatic carbocycles. The molecule has 3 heterocycles. The molecule has 0 unspecified atom stereocenters. The van der Waals surface area contributed by atoms with Crippen LogP contribution in [0.1, 0.15) is 15.9 Å². The van der Waals surface area contributed by atoms with Crippen molar-refractivity contribution in [2.24, 2.45) is 0 Å². The average molecular weight is 521 g/mol. The number of aromatic nitrogens is 4. The second-order valence-electron chi connectivity index (χ2n) is 8.26. The summed E-state index contributed by atoms with van der Waals surface area (Å²) >= 11 is 0.936. The Balaban J connectivity index is 1.48.